The van der Waals surface area contributed by atoms with Crippen LogP contribution in [0.2, 0.25) is 0 Å². The molecule has 0 fully saturated rings. The summed E-state index contributed by atoms with van der Waals surface area (Å²) in [6, 6.07) is 5.95. The van der Waals surface area contributed by atoms with Crippen molar-refractivity contribution in [2.24, 2.45) is 4.99 Å². The zero-order valence-corrected chi connectivity index (χ0v) is 12.1. The molecule has 7 heteroatoms. The summed E-state index contributed by atoms with van der Waals surface area (Å²) in [5, 5.41) is 25.6. The van der Waals surface area contributed by atoms with Gasteiger partial charge in [-0.05, 0) is 23.3 Å². The average molecular weight is 312 g/mol. The van der Waals surface area contributed by atoms with E-state index in [2.05, 4.69) is 21.8 Å². The maximum absolute atomic E-state index is 12.9. The van der Waals surface area contributed by atoms with Crippen molar-refractivity contribution in [2.75, 3.05) is 0 Å². The van der Waals surface area contributed by atoms with E-state index in [1.165, 1.54) is 18.3 Å². The van der Waals surface area contributed by atoms with Gasteiger partial charge < -0.3 is 14.9 Å². The third kappa shape index (κ3) is 3.23. The minimum atomic E-state index is -0.318. The average Bonchev–Trinajstić information content (AvgIpc) is 2.93. The predicted molar refractivity (Wildman–Crippen MR) is 83.0 cm³/mol. The van der Waals surface area contributed by atoms with Gasteiger partial charge in [-0.1, -0.05) is 18.7 Å². The summed E-state index contributed by atoms with van der Waals surface area (Å²) in [6.07, 6.45) is 1.99. The molecule has 0 atom stereocenters. The van der Waals surface area contributed by atoms with Crippen LogP contribution in [0.15, 0.2) is 51.6 Å². The van der Waals surface area contributed by atoms with E-state index in [-0.39, 0.29) is 35.3 Å². The Labute approximate surface area is 131 Å². The Hall–Kier alpha value is -3.09. The second-order valence-corrected chi connectivity index (χ2v) is 5.07. The topological polar surface area (TPSA) is 95.4 Å². The first-order valence-electron chi connectivity index (χ1n) is 6.83. The largest absolute Gasteiger partial charge is 0.504 e. The van der Waals surface area contributed by atoms with E-state index in [9.17, 15) is 9.50 Å². The molecule has 0 bridgehead atoms. The molecule has 116 valence electrons. The highest BCUT2D eigenvalue weighted by Crippen LogP contribution is 2.23. The van der Waals surface area contributed by atoms with Gasteiger partial charge in [-0.15, -0.1) is 10.2 Å². The third-order valence-corrected chi connectivity index (χ3v) is 3.23. The van der Waals surface area contributed by atoms with Crippen molar-refractivity contribution in [1.29, 1.82) is 5.41 Å². The SMILES string of the molecule is C=C1C=NC(c2nnc(Cc3ccc(F)cc3)o2)=C(O)C(=N)C1. The normalized spacial score (nSPS) is 15.2. The van der Waals surface area contributed by atoms with Crippen molar-refractivity contribution in [1.82, 2.24) is 10.2 Å². The van der Waals surface area contributed by atoms with Crippen LogP contribution in [-0.2, 0) is 6.42 Å². The number of hydrogen-bond acceptors (Lipinski definition) is 6. The number of nitrogens with zero attached hydrogens (tertiary/aromatic N) is 3. The van der Waals surface area contributed by atoms with Crippen LogP contribution in [0.25, 0.3) is 5.70 Å². The van der Waals surface area contributed by atoms with Crippen molar-refractivity contribution < 1.29 is 13.9 Å². The smallest absolute Gasteiger partial charge is 0.270 e. The summed E-state index contributed by atoms with van der Waals surface area (Å²) >= 11 is 0. The number of benzene rings is 1. The number of hydrogen-bond donors (Lipinski definition) is 2. The molecule has 1 aromatic heterocycles. The first-order valence-corrected chi connectivity index (χ1v) is 6.83. The monoisotopic (exact) mass is 312 g/mol. The lowest BCUT2D eigenvalue weighted by Crippen LogP contribution is -2.02. The summed E-state index contributed by atoms with van der Waals surface area (Å²) < 4.78 is 18.4. The third-order valence-electron chi connectivity index (χ3n) is 3.23. The number of nitrogens with one attached hydrogen (secondary N) is 1. The molecule has 3 rings (SSSR count). The minimum absolute atomic E-state index is 0.0132. The van der Waals surface area contributed by atoms with Gasteiger partial charge in [0.25, 0.3) is 5.89 Å². The molecule has 1 aliphatic heterocycles. The van der Waals surface area contributed by atoms with Crippen molar-refractivity contribution in [3.05, 3.63) is 65.3 Å². The summed E-state index contributed by atoms with van der Waals surface area (Å²) in [5.41, 5.74) is 1.44. The number of aliphatic imine (C=N–C) groups is 1. The lowest BCUT2D eigenvalue weighted by atomic mass is 10.1. The van der Waals surface area contributed by atoms with Crippen molar-refractivity contribution >= 4 is 17.6 Å². The molecule has 0 saturated carbocycles. The lowest BCUT2D eigenvalue weighted by Gasteiger charge is -2.01. The first kappa shape index (κ1) is 14.8. The minimum Gasteiger partial charge on any atom is -0.504 e. The maximum atomic E-state index is 12.9. The summed E-state index contributed by atoms with van der Waals surface area (Å²) in [7, 11) is 0. The van der Waals surface area contributed by atoms with E-state index in [0.717, 1.165) is 5.56 Å². The molecular weight excluding hydrogens is 299 g/mol. The van der Waals surface area contributed by atoms with E-state index in [0.29, 0.717) is 17.9 Å². The van der Waals surface area contributed by atoms with E-state index in [1.54, 1.807) is 12.1 Å². The van der Waals surface area contributed by atoms with Gasteiger partial charge >= 0.3 is 0 Å². The van der Waals surface area contributed by atoms with Gasteiger partial charge in [0.05, 0.1) is 12.1 Å². The zero-order chi connectivity index (χ0) is 16.4. The highest BCUT2D eigenvalue weighted by molar-refractivity contribution is 6.08. The Morgan fingerprint density at radius 1 is 1.26 bits per heavy atom. The Bertz CT molecular complexity index is 834. The molecule has 2 heterocycles. The second-order valence-electron chi connectivity index (χ2n) is 5.07. The van der Waals surface area contributed by atoms with Crippen LogP contribution in [0.5, 0.6) is 0 Å². The molecule has 0 amide bonds. The van der Waals surface area contributed by atoms with Crippen molar-refractivity contribution in [2.45, 2.75) is 12.8 Å². The Kier molecular flexibility index (Phi) is 3.84. The Morgan fingerprint density at radius 2 is 2.00 bits per heavy atom. The molecular formula is C16H13FN4O2. The van der Waals surface area contributed by atoms with Crippen LogP contribution >= 0.6 is 0 Å². The van der Waals surface area contributed by atoms with E-state index >= 15 is 0 Å². The molecule has 2 N–H and O–H groups in total. The van der Waals surface area contributed by atoms with E-state index in [4.69, 9.17) is 9.83 Å². The molecule has 6 nitrogen and oxygen atoms in total. The van der Waals surface area contributed by atoms with Crippen molar-refractivity contribution in [3.63, 3.8) is 0 Å². The van der Waals surface area contributed by atoms with Gasteiger partial charge in [-0.25, -0.2) is 9.38 Å². The van der Waals surface area contributed by atoms with Gasteiger partial charge in [0, 0.05) is 12.6 Å². The second kappa shape index (κ2) is 5.96. The van der Waals surface area contributed by atoms with Gasteiger partial charge in [0.2, 0.25) is 5.89 Å². The molecule has 2 aromatic rings. The molecule has 23 heavy (non-hydrogen) atoms. The number of aliphatic hydroxyl groups is 1. The van der Waals surface area contributed by atoms with Crippen molar-refractivity contribution in [3.8, 4) is 0 Å². The van der Waals surface area contributed by atoms with Gasteiger partial charge in [0.1, 0.15) is 5.82 Å². The number of halogens is 1. The number of rotatable bonds is 3. The standard InChI is InChI=1S/C16H13FN4O2/c1-9-6-12(18)15(22)14(19-8-9)16-21-20-13(23-16)7-10-2-4-11(17)5-3-10/h2-5,8,18,22H,1,6-7H2. The van der Waals surface area contributed by atoms with Gasteiger partial charge in [-0.3, -0.25) is 0 Å². The number of aliphatic hydroxyl groups excluding tert-OH is 1. The van der Waals surface area contributed by atoms with Gasteiger partial charge in [0.15, 0.2) is 11.5 Å². The number of allylic oxidation sites excluding steroid dienone is 2. The van der Waals surface area contributed by atoms with Crippen LogP contribution in [-0.4, -0.2) is 27.2 Å². The van der Waals surface area contributed by atoms with Crippen LogP contribution in [0.4, 0.5) is 4.39 Å². The van der Waals surface area contributed by atoms with Crippen LogP contribution in [0.3, 0.4) is 0 Å². The maximum Gasteiger partial charge on any atom is 0.270 e. The van der Waals surface area contributed by atoms with Crippen LogP contribution < -0.4 is 0 Å². The first-order chi connectivity index (χ1) is 11.0. The fourth-order valence-corrected chi connectivity index (χ4v) is 2.07. The highest BCUT2D eigenvalue weighted by Gasteiger charge is 2.21. The molecule has 1 aliphatic rings. The zero-order valence-electron chi connectivity index (χ0n) is 12.1. The van der Waals surface area contributed by atoms with E-state index in [1.807, 2.05) is 0 Å². The summed E-state index contributed by atoms with van der Waals surface area (Å²) in [4.78, 5) is 4.06. The molecule has 0 unspecified atom stereocenters. The molecule has 1 aromatic carbocycles. The fourth-order valence-electron chi connectivity index (χ4n) is 2.07. The lowest BCUT2D eigenvalue weighted by molar-refractivity contribution is 0.436. The number of aromatic nitrogens is 2. The Balaban J connectivity index is 1.87. The molecule has 0 radical (unpaired) electrons. The Morgan fingerprint density at radius 3 is 2.74 bits per heavy atom. The fraction of sp³-hybridized carbons (Fsp3) is 0.125. The summed E-state index contributed by atoms with van der Waals surface area (Å²) in [5.74, 6) is -0.300. The van der Waals surface area contributed by atoms with Gasteiger partial charge in [-0.2, -0.15) is 0 Å². The van der Waals surface area contributed by atoms with Crippen LogP contribution in [0.1, 0.15) is 23.8 Å². The summed E-state index contributed by atoms with van der Waals surface area (Å²) in [6.45, 7) is 3.73. The quantitative estimate of drug-likeness (QED) is 0.910. The van der Waals surface area contributed by atoms with Crippen LogP contribution in [0, 0.1) is 11.2 Å². The van der Waals surface area contributed by atoms with E-state index < -0.39 is 0 Å². The molecule has 0 saturated heterocycles. The highest BCUT2D eigenvalue weighted by atomic mass is 19.1. The molecule has 0 aliphatic carbocycles. The molecule has 0 spiro atoms. The predicted octanol–water partition coefficient (Wildman–Crippen LogP) is 3.08.